The molecule has 1 aromatic carbocycles. The highest BCUT2D eigenvalue weighted by Gasteiger charge is 2.88. The zero-order chi connectivity index (χ0) is 43.2. The largest absolute Gasteiger partial charge is 0.493 e. The summed E-state index contributed by atoms with van der Waals surface area (Å²) in [7, 11) is 2.97. The highest BCUT2D eigenvalue weighted by molar-refractivity contribution is 5.90. The third kappa shape index (κ3) is 5.34. The minimum atomic E-state index is -2.10. The fourth-order valence-corrected chi connectivity index (χ4v) is 15.0. The fourth-order valence-electron chi connectivity index (χ4n) is 15.0. The first-order valence-corrected chi connectivity index (χ1v) is 22.2. The van der Waals surface area contributed by atoms with Crippen molar-refractivity contribution in [3.05, 3.63) is 35.6 Å². The van der Waals surface area contributed by atoms with Crippen LogP contribution in [0.25, 0.3) is 0 Å². The minimum Gasteiger partial charge on any atom is -0.493 e. The number of fused-ring (bicyclic) bond motifs is 6. The van der Waals surface area contributed by atoms with Gasteiger partial charge in [0, 0.05) is 55.1 Å². The third-order valence-corrected chi connectivity index (χ3v) is 18.1. The van der Waals surface area contributed by atoms with Gasteiger partial charge in [-0.3, -0.25) is 9.69 Å². The van der Waals surface area contributed by atoms with Crippen molar-refractivity contribution in [2.45, 2.75) is 151 Å². The van der Waals surface area contributed by atoms with Crippen molar-refractivity contribution in [3.8, 4) is 11.5 Å². The third-order valence-electron chi connectivity index (χ3n) is 18.1. The van der Waals surface area contributed by atoms with Crippen molar-refractivity contribution < 1.29 is 63.9 Å². The van der Waals surface area contributed by atoms with Crippen LogP contribution in [0.3, 0.4) is 0 Å². The van der Waals surface area contributed by atoms with E-state index in [2.05, 4.69) is 25.7 Å². The Morgan fingerprint density at radius 1 is 0.867 bits per heavy atom. The van der Waals surface area contributed by atoms with Crippen LogP contribution in [0, 0.1) is 46.8 Å². The molecule has 0 aromatic heterocycles. The van der Waals surface area contributed by atoms with Crippen LogP contribution in [0.4, 0.5) is 0 Å². The maximum atomic E-state index is 13.5. The number of methoxy groups -OCH3 is 2. The Morgan fingerprint density at radius 3 is 2.28 bits per heavy atom. The van der Waals surface area contributed by atoms with E-state index in [1.807, 2.05) is 6.92 Å². The van der Waals surface area contributed by atoms with Crippen LogP contribution in [-0.4, -0.2) is 127 Å². The number of allylic oxidation sites excluding steroid dienone is 1. The van der Waals surface area contributed by atoms with Crippen molar-refractivity contribution in [3.63, 3.8) is 0 Å². The summed E-state index contributed by atoms with van der Waals surface area (Å²) in [4.78, 5) is 27.0. The summed E-state index contributed by atoms with van der Waals surface area (Å²) in [5, 5.41) is 74.7. The SMILES string of the molecule is CC1=COC(=O)[C@H]2[C@@H]1CC[C@@H]2C.COc1ccc(C(=O)OC2CC[C@@]3(C)C4CC[C@H]5[C@]6(O)C[C@H](O)[C@@]7(O)[C@@H](CN8C[C@@H](C)CC[C@H]8[C@@]7(C)O)[C@]6(O)C[C@@]53O[C@]24O)cc1OC. The molecule has 5 saturated carbocycles. The topological polar surface area (TPSA) is 205 Å². The lowest BCUT2D eigenvalue weighted by Crippen LogP contribution is -2.85. The summed E-state index contributed by atoms with van der Waals surface area (Å²) in [6.07, 6.45) is 4.12. The van der Waals surface area contributed by atoms with Gasteiger partial charge in [0.25, 0.3) is 0 Å². The smallest absolute Gasteiger partial charge is 0.338 e. The number of aliphatic hydroxyl groups is 6. The molecule has 60 heavy (non-hydrogen) atoms. The lowest BCUT2D eigenvalue weighted by Gasteiger charge is -2.68. The van der Waals surface area contributed by atoms with Gasteiger partial charge in [-0.15, -0.1) is 0 Å². The maximum absolute atomic E-state index is 13.5. The number of aliphatic hydroxyl groups excluding tert-OH is 1. The van der Waals surface area contributed by atoms with Gasteiger partial charge in [-0.05, 0) is 107 Å². The number of hydrogen-bond donors (Lipinski definition) is 6. The lowest BCUT2D eigenvalue weighted by atomic mass is 9.49. The maximum Gasteiger partial charge on any atom is 0.338 e. The van der Waals surface area contributed by atoms with E-state index in [0.29, 0.717) is 67.9 Å². The lowest BCUT2D eigenvalue weighted by molar-refractivity contribution is -0.354. The Bertz CT molecular complexity index is 1960. The molecule has 5 aliphatic carbocycles. The van der Waals surface area contributed by atoms with Crippen molar-refractivity contribution in [2.24, 2.45) is 46.8 Å². The molecule has 332 valence electrons. The minimum absolute atomic E-state index is 0.0180. The number of nitrogens with zero attached hydrogens (tertiary/aromatic N) is 1. The molecule has 8 fully saturated rings. The first kappa shape index (κ1) is 42.5. The second-order valence-corrected chi connectivity index (χ2v) is 20.8. The molecule has 3 saturated heterocycles. The molecule has 4 bridgehead atoms. The summed E-state index contributed by atoms with van der Waals surface area (Å²) in [5.74, 6) is -2.52. The van der Waals surface area contributed by atoms with Gasteiger partial charge in [0.15, 0.2) is 17.6 Å². The summed E-state index contributed by atoms with van der Waals surface area (Å²) in [6.45, 7) is 10.8. The molecule has 17 atom stereocenters. The molecule has 4 aliphatic heterocycles. The Balaban J connectivity index is 0.000000330. The zero-order valence-corrected chi connectivity index (χ0v) is 36.1. The zero-order valence-electron chi connectivity index (χ0n) is 36.1. The van der Waals surface area contributed by atoms with Crippen LogP contribution < -0.4 is 9.47 Å². The van der Waals surface area contributed by atoms with Crippen LogP contribution in [-0.2, 0) is 19.0 Å². The summed E-state index contributed by atoms with van der Waals surface area (Å²) < 4.78 is 28.5. The molecule has 0 amide bonds. The normalized spacial score (nSPS) is 51.0. The Labute approximate surface area is 352 Å². The van der Waals surface area contributed by atoms with Gasteiger partial charge in [0.2, 0.25) is 5.79 Å². The molecule has 0 radical (unpaired) electrons. The second-order valence-electron chi connectivity index (χ2n) is 20.8. The molecule has 14 heteroatoms. The Hall–Kier alpha value is -2.82. The predicted octanol–water partition coefficient (Wildman–Crippen LogP) is 3.47. The summed E-state index contributed by atoms with van der Waals surface area (Å²) in [6, 6.07) is 4.28. The fraction of sp³-hybridized carbons (Fsp3) is 0.783. The van der Waals surface area contributed by atoms with Crippen molar-refractivity contribution in [1.82, 2.24) is 4.90 Å². The number of cyclic esters (lactones) is 1. The van der Waals surface area contributed by atoms with Crippen LogP contribution >= 0.6 is 0 Å². The quantitative estimate of drug-likeness (QED) is 0.241. The standard InChI is InChI=1S/C36H51NO11.C10H14O2/c1-19-6-11-26-31(3,40)35(43)25(17-37(26)16-19)33(42)18-34-24(32(33,41)15-27(35)38)10-9-23-30(34,2)13-12-28(36(23,44)48-34)47-29(39)20-7-8-21(45-4)22(14-20)46-5;1-6-3-4-8-7(2)5-12-10(11)9(6)8/h7-8,14,19,23-28,38,40-44H,6,9-13,15-18H2,1-5H3;5-6,8-9H,3-4H2,1-2H3/t19-,23?,24-,25-,26-,27-,28?,30-,31+,32+,33+,34+,35-,36-;6-,8+,9+/m00/s1. The molecule has 14 nitrogen and oxygen atoms in total. The average molecular weight is 840 g/mol. The molecular formula is C46H65NO13. The van der Waals surface area contributed by atoms with E-state index in [0.717, 1.165) is 19.3 Å². The van der Waals surface area contributed by atoms with Crippen LogP contribution in [0.5, 0.6) is 11.5 Å². The number of ether oxygens (including phenoxy) is 5. The van der Waals surface area contributed by atoms with Gasteiger partial charge < -0.3 is 54.3 Å². The molecule has 2 unspecified atom stereocenters. The van der Waals surface area contributed by atoms with E-state index in [-0.39, 0.29) is 36.8 Å². The molecule has 6 N–H and O–H groups in total. The molecule has 1 spiro atoms. The number of carbonyl (C=O) groups excluding carboxylic acids is 2. The number of piperidine rings is 2. The first-order valence-electron chi connectivity index (χ1n) is 22.2. The molecule has 9 aliphatic rings. The number of esters is 2. The summed E-state index contributed by atoms with van der Waals surface area (Å²) >= 11 is 0. The highest BCUT2D eigenvalue weighted by Crippen LogP contribution is 2.78. The van der Waals surface area contributed by atoms with E-state index in [9.17, 15) is 40.2 Å². The van der Waals surface area contributed by atoms with Crippen molar-refractivity contribution in [2.75, 3.05) is 27.3 Å². The Kier molecular flexibility index (Phi) is 9.80. The summed E-state index contributed by atoms with van der Waals surface area (Å²) in [5.41, 5.74) is -8.20. The van der Waals surface area contributed by atoms with Gasteiger partial charge >= 0.3 is 11.9 Å². The monoisotopic (exact) mass is 839 g/mol. The average Bonchev–Trinajstić information content (AvgIpc) is 3.68. The highest BCUT2D eigenvalue weighted by atomic mass is 16.7. The molecular weight excluding hydrogens is 774 g/mol. The van der Waals surface area contributed by atoms with Crippen LogP contribution in [0.1, 0.15) is 109 Å². The number of hydrogen-bond acceptors (Lipinski definition) is 14. The second kappa shape index (κ2) is 13.8. The van der Waals surface area contributed by atoms with Crippen molar-refractivity contribution >= 4 is 11.9 Å². The van der Waals surface area contributed by atoms with E-state index in [4.69, 9.17) is 23.7 Å². The van der Waals surface area contributed by atoms with Gasteiger partial charge in [-0.25, -0.2) is 4.79 Å². The van der Waals surface area contributed by atoms with Gasteiger partial charge in [0.05, 0.1) is 43.7 Å². The Morgan fingerprint density at radius 2 is 1.58 bits per heavy atom. The van der Waals surface area contributed by atoms with E-state index in [1.54, 1.807) is 25.3 Å². The predicted molar refractivity (Wildman–Crippen MR) is 214 cm³/mol. The molecule has 1 aromatic rings. The van der Waals surface area contributed by atoms with E-state index >= 15 is 0 Å². The molecule has 10 rings (SSSR count). The first-order chi connectivity index (χ1) is 28.2. The van der Waals surface area contributed by atoms with Gasteiger partial charge in [-0.1, -0.05) is 20.8 Å². The number of benzene rings is 1. The van der Waals surface area contributed by atoms with Crippen LogP contribution in [0.2, 0.25) is 0 Å². The molecule has 4 heterocycles. The van der Waals surface area contributed by atoms with E-state index in [1.165, 1.54) is 25.9 Å². The van der Waals surface area contributed by atoms with E-state index < -0.39 is 81.2 Å². The van der Waals surface area contributed by atoms with Crippen molar-refractivity contribution in [1.29, 1.82) is 0 Å². The number of rotatable bonds is 4. The van der Waals surface area contributed by atoms with Gasteiger partial charge in [-0.2, -0.15) is 0 Å². The number of carbonyl (C=O) groups is 2. The van der Waals surface area contributed by atoms with Gasteiger partial charge in [0.1, 0.15) is 22.4 Å². The van der Waals surface area contributed by atoms with Crippen LogP contribution in [0.15, 0.2) is 30.0 Å².